The van der Waals surface area contributed by atoms with Crippen LogP contribution in [0.2, 0.25) is 0 Å². The Bertz CT molecular complexity index is 1330. The van der Waals surface area contributed by atoms with E-state index in [1.54, 1.807) is 25.1 Å². The molecule has 3 rings (SSSR count). The van der Waals surface area contributed by atoms with Gasteiger partial charge in [-0.05, 0) is 60.4 Å². The Hall–Kier alpha value is -2.07. The van der Waals surface area contributed by atoms with Crippen molar-refractivity contribution in [3.05, 3.63) is 70.9 Å². The summed E-state index contributed by atoms with van der Waals surface area (Å²) >= 11 is 1.40. The summed E-state index contributed by atoms with van der Waals surface area (Å²) in [6.45, 7) is 5.94. The second-order valence-electron chi connectivity index (χ2n) is 8.17. The Morgan fingerprint density at radius 2 is 1.72 bits per heavy atom. The molecule has 1 heterocycles. The van der Waals surface area contributed by atoms with Crippen LogP contribution in [0.25, 0.3) is 10.4 Å². The van der Waals surface area contributed by atoms with E-state index in [1.165, 1.54) is 27.8 Å². The van der Waals surface area contributed by atoms with Gasteiger partial charge < -0.3 is 0 Å². The van der Waals surface area contributed by atoms with Gasteiger partial charge in [0.1, 0.15) is 5.82 Å². The lowest BCUT2D eigenvalue weighted by atomic mass is 10.2. The predicted octanol–water partition coefficient (Wildman–Crippen LogP) is 5.11. The van der Waals surface area contributed by atoms with Crippen molar-refractivity contribution in [2.24, 2.45) is 5.92 Å². The highest BCUT2D eigenvalue weighted by Crippen LogP contribution is 2.32. The molecule has 0 amide bonds. The third-order valence-corrected chi connectivity index (χ3v) is 9.06. The molecule has 0 saturated carbocycles. The molecule has 9 heteroatoms. The molecule has 3 aromatic rings. The van der Waals surface area contributed by atoms with Crippen LogP contribution in [0.5, 0.6) is 0 Å². The van der Waals surface area contributed by atoms with Crippen molar-refractivity contribution in [2.45, 2.75) is 37.1 Å². The normalized spacial score (nSPS) is 12.6. The van der Waals surface area contributed by atoms with Crippen LogP contribution in [0.15, 0.2) is 64.4 Å². The van der Waals surface area contributed by atoms with E-state index < -0.39 is 25.7 Å². The van der Waals surface area contributed by atoms with Crippen LogP contribution in [0.3, 0.4) is 0 Å². The predicted molar refractivity (Wildman–Crippen MR) is 126 cm³/mol. The standard InChI is InChI=1S/C23H26FNO4S3/c1-16(2)14-25(32(28,29)23-13-19(24)9-8-17(23)3)15-20-10-11-22(30-20)18-6-5-7-21(12-18)31(4,26)27/h5-13,16H,14-15H2,1-4H3. The van der Waals surface area contributed by atoms with E-state index in [2.05, 4.69) is 0 Å². The number of thiophene rings is 1. The summed E-state index contributed by atoms with van der Waals surface area (Å²) in [4.78, 5) is 1.85. The number of aryl methyl sites for hydroxylation is 1. The molecule has 0 aliphatic rings. The van der Waals surface area contributed by atoms with Gasteiger partial charge >= 0.3 is 0 Å². The Morgan fingerprint density at radius 3 is 2.38 bits per heavy atom. The van der Waals surface area contributed by atoms with E-state index in [0.717, 1.165) is 27.6 Å². The van der Waals surface area contributed by atoms with Crippen LogP contribution >= 0.6 is 11.3 Å². The molecule has 0 spiro atoms. The molecule has 0 fully saturated rings. The van der Waals surface area contributed by atoms with Gasteiger partial charge in [0.15, 0.2) is 9.84 Å². The van der Waals surface area contributed by atoms with Crippen molar-refractivity contribution in [1.82, 2.24) is 4.31 Å². The maximum atomic E-state index is 13.8. The van der Waals surface area contributed by atoms with Gasteiger partial charge in [0.05, 0.1) is 9.79 Å². The van der Waals surface area contributed by atoms with E-state index in [1.807, 2.05) is 32.0 Å². The van der Waals surface area contributed by atoms with E-state index >= 15 is 0 Å². The van der Waals surface area contributed by atoms with Gasteiger partial charge in [-0.25, -0.2) is 21.2 Å². The molecular weight excluding hydrogens is 469 g/mol. The van der Waals surface area contributed by atoms with Crippen molar-refractivity contribution in [1.29, 1.82) is 0 Å². The highest BCUT2D eigenvalue weighted by molar-refractivity contribution is 7.90. The lowest BCUT2D eigenvalue weighted by molar-refractivity contribution is 0.364. The molecule has 5 nitrogen and oxygen atoms in total. The second kappa shape index (κ2) is 9.43. The molecule has 1 aromatic heterocycles. The van der Waals surface area contributed by atoms with Crippen molar-refractivity contribution in [2.75, 3.05) is 12.8 Å². The van der Waals surface area contributed by atoms with E-state index in [0.29, 0.717) is 5.56 Å². The number of hydrogen-bond acceptors (Lipinski definition) is 5. The minimum Gasteiger partial charge on any atom is -0.224 e. The Morgan fingerprint density at radius 1 is 1.00 bits per heavy atom. The maximum Gasteiger partial charge on any atom is 0.243 e. The zero-order valence-corrected chi connectivity index (χ0v) is 20.8. The molecule has 0 unspecified atom stereocenters. The largest absolute Gasteiger partial charge is 0.243 e. The summed E-state index contributed by atoms with van der Waals surface area (Å²) in [5.74, 6) is -0.521. The first-order chi connectivity index (χ1) is 14.9. The molecule has 172 valence electrons. The Kier molecular flexibility index (Phi) is 7.24. The summed E-state index contributed by atoms with van der Waals surface area (Å²) in [7, 11) is -7.24. The van der Waals surface area contributed by atoms with Gasteiger partial charge in [-0.15, -0.1) is 11.3 Å². The molecule has 0 aliphatic carbocycles. The van der Waals surface area contributed by atoms with E-state index in [9.17, 15) is 21.2 Å². The highest BCUT2D eigenvalue weighted by Gasteiger charge is 2.28. The van der Waals surface area contributed by atoms with Crippen molar-refractivity contribution in [3.63, 3.8) is 0 Å². The second-order valence-corrected chi connectivity index (χ2v) is 13.3. The van der Waals surface area contributed by atoms with Gasteiger partial charge in [0.2, 0.25) is 10.0 Å². The third-order valence-electron chi connectivity index (χ3n) is 4.88. The van der Waals surface area contributed by atoms with E-state index in [-0.39, 0.29) is 28.8 Å². The topological polar surface area (TPSA) is 71.5 Å². The number of sulfone groups is 1. The molecule has 0 N–H and O–H groups in total. The summed E-state index contributed by atoms with van der Waals surface area (Å²) < 4.78 is 65.7. The number of benzene rings is 2. The molecular formula is C23H26FNO4S3. The average molecular weight is 496 g/mol. The molecule has 0 radical (unpaired) electrons. The average Bonchev–Trinajstić information content (AvgIpc) is 3.17. The summed E-state index contributed by atoms with van der Waals surface area (Å²) in [6.07, 6.45) is 1.16. The number of hydrogen-bond donors (Lipinski definition) is 0. The minimum absolute atomic E-state index is 0.0317. The number of halogens is 1. The Labute approximate surface area is 193 Å². The molecule has 2 aromatic carbocycles. The lowest BCUT2D eigenvalue weighted by Crippen LogP contribution is -2.34. The number of sulfonamides is 1. The number of nitrogens with zero attached hydrogens (tertiary/aromatic N) is 1. The summed E-state index contributed by atoms with van der Waals surface area (Å²) in [5, 5.41) is 0. The quantitative estimate of drug-likeness (QED) is 0.435. The van der Waals surface area contributed by atoms with Crippen LogP contribution in [-0.2, 0) is 26.4 Å². The lowest BCUT2D eigenvalue weighted by Gasteiger charge is -2.24. The summed E-state index contributed by atoms with van der Waals surface area (Å²) in [5.41, 5.74) is 1.24. The smallest absolute Gasteiger partial charge is 0.224 e. The zero-order valence-electron chi connectivity index (χ0n) is 18.4. The van der Waals surface area contributed by atoms with Crippen LogP contribution in [0.4, 0.5) is 4.39 Å². The van der Waals surface area contributed by atoms with Crippen molar-refractivity contribution < 1.29 is 21.2 Å². The third kappa shape index (κ3) is 5.64. The Balaban J connectivity index is 1.95. The van der Waals surface area contributed by atoms with Crippen LogP contribution in [-0.4, -0.2) is 33.9 Å². The molecule has 0 saturated heterocycles. The van der Waals surface area contributed by atoms with E-state index in [4.69, 9.17) is 0 Å². The zero-order chi connectivity index (χ0) is 23.7. The van der Waals surface area contributed by atoms with Gasteiger partial charge in [-0.3, -0.25) is 0 Å². The van der Waals surface area contributed by atoms with Gasteiger partial charge in [0.25, 0.3) is 0 Å². The fourth-order valence-electron chi connectivity index (χ4n) is 3.32. The van der Waals surface area contributed by atoms with Crippen LogP contribution in [0, 0.1) is 18.7 Å². The molecule has 0 atom stereocenters. The molecule has 0 aliphatic heterocycles. The van der Waals surface area contributed by atoms with Crippen LogP contribution in [0.1, 0.15) is 24.3 Å². The van der Waals surface area contributed by atoms with Crippen molar-refractivity contribution >= 4 is 31.2 Å². The number of rotatable bonds is 8. The first kappa shape index (κ1) is 24.6. The monoisotopic (exact) mass is 495 g/mol. The summed E-state index contributed by atoms with van der Waals surface area (Å²) in [6, 6.07) is 14.1. The van der Waals surface area contributed by atoms with Crippen LogP contribution < -0.4 is 0 Å². The van der Waals surface area contributed by atoms with Gasteiger partial charge in [-0.1, -0.05) is 32.0 Å². The SMILES string of the molecule is Cc1ccc(F)cc1S(=O)(=O)N(Cc1ccc(-c2cccc(S(C)(=O)=O)c2)s1)CC(C)C. The highest BCUT2D eigenvalue weighted by atomic mass is 32.2. The molecule has 0 bridgehead atoms. The van der Waals surface area contributed by atoms with Gasteiger partial charge in [0, 0.05) is 29.1 Å². The fraction of sp³-hybridized carbons (Fsp3) is 0.304. The fourth-order valence-corrected chi connectivity index (χ4v) is 6.90. The first-order valence-electron chi connectivity index (χ1n) is 10.0. The van der Waals surface area contributed by atoms with Crippen molar-refractivity contribution in [3.8, 4) is 10.4 Å². The van der Waals surface area contributed by atoms with Gasteiger partial charge in [-0.2, -0.15) is 4.31 Å². The first-order valence-corrected chi connectivity index (χ1v) is 14.2. The molecule has 32 heavy (non-hydrogen) atoms. The minimum atomic E-state index is -3.91. The maximum absolute atomic E-state index is 13.8.